The molecule has 9 nitrogen and oxygen atoms in total. The molecule has 2 heterocycles. The number of amides is 2. The van der Waals surface area contributed by atoms with Gasteiger partial charge in [0.1, 0.15) is 21.3 Å². The fourth-order valence-corrected chi connectivity index (χ4v) is 4.68. The van der Waals surface area contributed by atoms with Crippen molar-refractivity contribution in [2.45, 2.75) is 65.6 Å². The summed E-state index contributed by atoms with van der Waals surface area (Å²) in [5, 5.41) is 8.27. The summed E-state index contributed by atoms with van der Waals surface area (Å²) in [6, 6.07) is -0.996. The second kappa shape index (κ2) is 10.5. The highest BCUT2D eigenvalue weighted by molar-refractivity contribution is 7.12. The van der Waals surface area contributed by atoms with E-state index in [-0.39, 0.29) is 35.5 Å². The number of aromatic nitrogens is 2. The molecule has 0 radical (unpaired) electrons. The molecule has 0 bridgehead atoms. The van der Waals surface area contributed by atoms with E-state index in [0.717, 1.165) is 0 Å². The van der Waals surface area contributed by atoms with Crippen LogP contribution in [0.25, 0.3) is 0 Å². The topological polar surface area (TPSA) is 136 Å². The van der Waals surface area contributed by atoms with Crippen LogP contribution >= 0.6 is 22.7 Å². The first-order valence-electron chi connectivity index (χ1n) is 10.3. The molecule has 0 saturated carbocycles. The smallest absolute Gasteiger partial charge is 0.358 e. The lowest BCUT2D eigenvalue weighted by Crippen LogP contribution is -2.32. The van der Waals surface area contributed by atoms with Crippen LogP contribution in [-0.4, -0.2) is 40.4 Å². The zero-order valence-corrected chi connectivity index (χ0v) is 21.1. The molecule has 0 aliphatic rings. The summed E-state index contributed by atoms with van der Waals surface area (Å²) >= 11 is 2.59. The van der Waals surface area contributed by atoms with Gasteiger partial charge in [0, 0.05) is 23.7 Å². The molecule has 2 amide bonds. The van der Waals surface area contributed by atoms with Crippen molar-refractivity contribution in [1.82, 2.24) is 20.6 Å². The van der Waals surface area contributed by atoms with E-state index >= 15 is 0 Å². The summed E-state index contributed by atoms with van der Waals surface area (Å²) < 4.78 is 5.37. The standard InChI is InChI=1S/C21H31N5O4S2/c1-10(2)15(19-24-13(9-31-19)20(29)30-21(4,5)6)25-17(28)16-11(3)32-18(26-16)12(22)8-14(27)23-7/h9-10,12,15H,8,22H2,1-7H3,(H,23,27)(H,25,28)/t12-,15-/m0/s1. The van der Waals surface area contributed by atoms with Crippen molar-refractivity contribution in [1.29, 1.82) is 0 Å². The lowest BCUT2D eigenvalue weighted by Gasteiger charge is -2.20. The van der Waals surface area contributed by atoms with Crippen LogP contribution in [0, 0.1) is 12.8 Å². The lowest BCUT2D eigenvalue weighted by atomic mass is 10.0. The number of nitrogens with zero attached hydrogens (tertiary/aromatic N) is 2. The molecule has 11 heteroatoms. The van der Waals surface area contributed by atoms with Crippen molar-refractivity contribution in [3.05, 3.63) is 31.7 Å². The van der Waals surface area contributed by atoms with Crippen LogP contribution in [0.15, 0.2) is 5.38 Å². The Labute approximate surface area is 196 Å². The van der Waals surface area contributed by atoms with E-state index in [4.69, 9.17) is 10.5 Å². The molecule has 2 aromatic rings. The SMILES string of the molecule is CNC(=O)C[C@H](N)c1nc(C(=O)N[C@H](c2nc(C(=O)OC(C)(C)C)cs2)C(C)C)c(C)s1. The Bertz CT molecular complexity index is 977. The Morgan fingerprint density at radius 2 is 1.84 bits per heavy atom. The minimum atomic E-state index is -0.620. The molecule has 176 valence electrons. The summed E-state index contributed by atoms with van der Waals surface area (Å²) in [6.07, 6.45) is 0.0890. The van der Waals surface area contributed by atoms with E-state index in [0.29, 0.717) is 14.9 Å². The van der Waals surface area contributed by atoms with Gasteiger partial charge in [0.15, 0.2) is 5.69 Å². The van der Waals surface area contributed by atoms with E-state index < -0.39 is 23.7 Å². The van der Waals surface area contributed by atoms with Crippen molar-refractivity contribution in [3.63, 3.8) is 0 Å². The van der Waals surface area contributed by atoms with Gasteiger partial charge in [-0.25, -0.2) is 14.8 Å². The van der Waals surface area contributed by atoms with Gasteiger partial charge in [-0.2, -0.15) is 0 Å². The lowest BCUT2D eigenvalue weighted by molar-refractivity contribution is -0.120. The molecule has 4 N–H and O–H groups in total. The molecule has 2 aromatic heterocycles. The summed E-state index contributed by atoms with van der Waals surface area (Å²) in [7, 11) is 1.54. The quantitative estimate of drug-likeness (QED) is 0.493. The maximum atomic E-state index is 13.0. The third-order valence-electron chi connectivity index (χ3n) is 4.38. The number of rotatable bonds is 8. The number of thiazole rings is 2. The molecule has 2 rings (SSSR count). The zero-order valence-electron chi connectivity index (χ0n) is 19.4. The largest absolute Gasteiger partial charge is 0.455 e. The average molecular weight is 482 g/mol. The zero-order chi connectivity index (χ0) is 24.2. The molecule has 0 saturated heterocycles. The highest BCUT2D eigenvalue weighted by Crippen LogP contribution is 2.28. The third-order valence-corrected chi connectivity index (χ3v) is 6.41. The minimum absolute atomic E-state index is 0.0190. The van der Waals surface area contributed by atoms with Crippen molar-refractivity contribution >= 4 is 40.5 Å². The first kappa shape index (κ1) is 25.9. The molecule has 2 atom stereocenters. The van der Waals surface area contributed by atoms with Crippen molar-refractivity contribution < 1.29 is 19.1 Å². The predicted molar refractivity (Wildman–Crippen MR) is 125 cm³/mol. The van der Waals surface area contributed by atoms with Crippen LogP contribution in [0.3, 0.4) is 0 Å². The van der Waals surface area contributed by atoms with E-state index in [9.17, 15) is 14.4 Å². The van der Waals surface area contributed by atoms with Gasteiger partial charge in [0.2, 0.25) is 5.91 Å². The molecule has 0 aromatic carbocycles. The van der Waals surface area contributed by atoms with E-state index in [1.54, 1.807) is 40.1 Å². The first-order valence-corrected chi connectivity index (χ1v) is 11.9. The number of nitrogens with two attached hydrogens (primary N) is 1. The minimum Gasteiger partial charge on any atom is -0.455 e. The molecular formula is C21H31N5O4S2. The third kappa shape index (κ3) is 6.81. The number of carbonyl (C=O) groups excluding carboxylic acids is 3. The normalized spacial score (nSPS) is 13.5. The maximum absolute atomic E-state index is 13.0. The second-order valence-corrected chi connectivity index (χ2v) is 10.8. The van der Waals surface area contributed by atoms with Gasteiger partial charge >= 0.3 is 5.97 Å². The summed E-state index contributed by atoms with van der Waals surface area (Å²) in [4.78, 5) is 46.4. The van der Waals surface area contributed by atoms with Crippen LogP contribution < -0.4 is 16.4 Å². The van der Waals surface area contributed by atoms with Gasteiger partial charge in [-0.15, -0.1) is 22.7 Å². The van der Waals surface area contributed by atoms with Gasteiger partial charge in [-0.3, -0.25) is 9.59 Å². The fourth-order valence-electron chi connectivity index (χ4n) is 2.75. The molecule has 0 aliphatic carbocycles. The average Bonchev–Trinajstić information content (AvgIpc) is 3.31. The molecular weight excluding hydrogens is 450 g/mol. The Balaban J connectivity index is 2.18. The number of hydrogen-bond acceptors (Lipinski definition) is 9. The van der Waals surface area contributed by atoms with Crippen LogP contribution in [0.5, 0.6) is 0 Å². The molecule has 0 unspecified atom stereocenters. The van der Waals surface area contributed by atoms with Gasteiger partial charge in [0.25, 0.3) is 5.91 Å². The molecule has 0 aliphatic heterocycles. The fraction of sp³-hybridized carbons (Fsp3) is 0.571. The van der Waals surface area contributed by atoms with E-state index in [1.807, 2.05) is 13.8 Å². The number of ether oxygens (including phenoxy) is 1. The van der Waals surface area contributed by atoms with Crippen LogP contribution in [-0.2, 0) is 9.53 Å². The summed E-state index contributed by atoms with van der Waals surface area (Å²) in [5.74, 6) is -1.03. The van der Waals surface area contributed by atoms with E-state index in [2.05, 4.69) is 20.6 Å². The maximum Gasteiger partial charge on any atom is 0.358 e. The Morgan fingerprint density at radius 1 is 1.19 bits per heavy atom. The van der Waals surface area contributed by atoms with Gasteiger partial charge in [-0.1, -0.05) is 13.8 Å². The molecule has 0 spiro atoms. The van der Waals surface area contributed by atoms with Crippen LogP contribution in [0.2, 0.25) is 0 Å². The van der Waals surface area contributed by atoms with Gasteiger partial charge in [-0.05, 0) is 33.6 Å². The number of hydrogen-bond donors (Lipinski definition) is 3. The second-order valence-electron chi connectivity index (χ2n) is 8.71. The number of nitrogens with one attached hydrogen (secondary N) is 2. The van der Waals surface area contributed by atoms with Gasteiger partial charge in [0.05, 0.1) is 12.1 Å². The van der Waals surface area contributed by atoms with Gasteiger partial charge < -0.3 is 21.1 Å². The monoisotopic (exact) mass is 481 g/mol. The number of carbonyl (C=O) groups is 3. The highest BCUT2D eigenvalue weighted by atomic mass is 32.1. The number of aryl methyl sites for hydroxylation is 1. The van der Waals surface area contributed by atoms with Crippen LogP contribution in [0.4, 0.5) is 0 Å². The number of esters is 1. The van der Waals surface area contributed by atoms with Crippen molar-refractivity contribution in [2.75, 3.05) is 7.05 Å². The summed E-state index contributed by atoms with van der Waals surface area (Å²) in [6.45, 7) is 11.1. The van der Waals surface area contributed by atoms with Crippen molar-refractivity contribution in [2.24, 2.45) is 11.7 Å². The summed E-state index contributed by atoms with van der Waals surface area (Å²) in [5.41, 5.74) is 5.94. The Hall–Kier alpha value is -2.37. The first-order chi connectivity index (χ1) is 14.8. The highest BCUT2D eigenvalue weighted by Gasteiger charge is 2.28. The predicted octanol–water partition coefficient (Wildman–Crippen LogP) is 3.13. The Kier molecular flexibility index (Phi) is 8.49. The van der Waals surface area contributed by atoms with Crippen molar-refractivity contribution in [3.8, 4) is 0 Å². The van der Waals surface area contributed by atoms with E-state index in [1.165, 1.54) is 22.7 Å². The Morgan fingerprint density at radius 3 is 2.41 bits per heavy atom. The molecule has 0 fully saturated rings. The van der Waals surface area contributed by atoms with Crippen LogP contribution in [0.1, 0.15) is 89.0 Å². The molecule has 32 heavy (non-hydrogen) atoms.